The first-order chi connectivity index (χ1) is 10.7. The maximum atomic E-state index is 12.7. The third kappa shape index (κ3) is 2.89. The fraction of sp³-hybridized carbons (Fsp3) is 0.533. The van der Waals surface area contributed by atoms with Crippen molar-refractivity contribution in [2.75, 3.05) is 26.7 Å². The minimum atomic E-state index is 0.0482. The average Bonchev–Trinajstić information content (AvgIpc) is 3.19. The quantitative estimate of drug-likeness (QED) is 0.919. The molecule has 0 radical (unpaired) electrons. The van der Waals surface area contributed by atoms with Gasteiger partial charge in [-0.15, -0.1) is 0 Å². The van der Waals surface area contributed by atoms with Crippen LogP contribution in [0.2, 0.25) is 0 Å². The SMILES string of the molecule is CCCn1cc(C(=O)N2CCN(C)C(c3ncc[nH]3)C2)cn1. The van der Waals surface area contributed by atoms with Crippen molar-refractivity contribution < 1.29 is 4.79 Å². The molecule has 118 valence electrons. The number of aryl methyl sites for hydroxylation is 1. The van der Waals surface area contributed by atoms with Crippen LogP contribution in [0.1, 0.15) is 35.6 Å². The Morgan fingerprint density at radius 2 is 2.32 bits per heavy atom. The smallest absolute Gasteiger partial charge is 0.257 e. The number of hydrogen-bond donors (Lipinski definition) is 1. The van der Waals surface area contributed by atoms with Gasteiger partial charge in [-0.2, -0.15) is 5.10 Å². The Bertz CT molecular complexity index is 620. The monoisotopic (exact) mass is 302 g/mol. The van der Waals surface area contributed by atoms with Crippen molar-refractivity contribution in [2.24, 2.45) is 0 Å². The number of likely N-dealkylation sites (N-methyl/N-ethyl adjacent to an activating group) is 1. The lowest BCUT2D eigenvalue weighted by Gasteiger charge is -2.38. The second-order valence-corrected chi connectivity index (χ2v) is 5.71. The molecule has 1 unspecified atom stereocenters. The molecule has 1 aliphatic heterocycles. The number of imidazole rings is 1. The molecule has 0 aliphatic carbocycles. The van der Waals surface area contributed by atoms with Crippen LogP contribution >= 0.6 is 0 Å². The zero-order valence-corrected chi connectivity index (χ0v) is 13.1. The van der Waals surface area contributed by atoms with E-state index >= 15 is 0 Å². The minimum Gasteiger partial charge on any atom is -0.347 e. The molecule has 2 aromatic rings. The Balaban J connectivity index is 1.72. The van der Waals surface area contributed by atoms with Gasteiger partial charge in [0.2, 0.25) is 0 Å². The minimum absolute atomic E-state index is 0.0482. The molecule has 0 saturated carbocycles. The molecular weight excluding hydrogens is 280 g/mol. The molecule has 1 amide bonds. The van der Waals surface area contributed by atoms with Crippen LogP contribution in [0.5, 0.6) is 0 Å². The summed E-state index contributed by atoms with van der Waals surface area (Å²) >= 11 is 0. The zero-order valence-electron chi connectivity index (χ0n) is 13.1. The van der Waals surface area contributed by atoms with Crippen molar-refractivity contribution in [2.45, 2.75) is 25.9 Å². The number of aromatic amines is 1. The molecule has 3 rings (SSSR count). The summed E-state index contributed by atoms with van der Waals surface area (Å²) < 4.78 is 1.83. The summed E-state index contributed by atoms with van der Waals surface area (Å²) in [6, 6.07) is 0.110. The summed E-state index contributed by atoms with van der Waals surface area (Å²) in [5, 5.41) is 4.25. The van der Waals surface area contributed by atoms with Crippen molar-refractivity contribution in [3.05, 3.63) is 36.2 Å². The topological polar surface area (TPSA) is 70.1 Å². The van der Waals surface area contributed by atoms with E-state index in [1.54, 1.807) is 12.4 Å². The molecule has 3 heterocycles. The number of nitrogens with one attached hydrogen (secondary N) is 1. The summed E-state index contributed by atoms with van der Waals surface area (Å²) in [4.78, 5) is 24.3. The third-order valence-electron chi connectivity index (χ3n) is 4.10. The highest BCUT2D eigenvalue weighted by molar-refractivity contribution is 5.93. The molecule has 1 fully saturated rings. The Morgan fingerprint density at radius 3 is 3.05 bits per heavy atom. The average molecular weight is 302 g/mol. The third-order valence-corrected chi connectivity index (χ3v) is 4.10. The number of nitrogens with zero attached hydrogens (tertiary/aromatic N) is 5. The molecule has 7 nitrogen and oxygen atoms in total. The fourth-order valence-electron chi connectivity index (χ4n) is 2.82. The van der Waals surface area contributed by atoms with Gasteiger partial charge in [0, 0.05) is 44.8 Å². The van der Waals surface area contributed by atoms with Gasteiger partial charge >= 0.3 is 0 Å². The summed E-state index contributed by atoms with van der Waals surface area (Å²) in [7, 11) is 2.06. The van der Waals surface area contributed by atoms with Gasteiger partial charge in [-0.3, -0.25) is 14.4 Å². The first-order valence-corrected chi connectivity index (χ1v) is 7.70. The zero-order chi connectivity index (χ0) is 15.5. The van der Waals surface area contributed by atoms with Crippen molar-refractivity contribution in [1.29, 1.82) is 0 Å². The van der Waals surface area contributed by atoms with Gasteiger partial charge in [-0.05, 0) is 13.5 Å². The van der Waals surface area contributed by atoms with Crippen molar-refractivity contribution in [3.8, 4) is 0 Å². The predicted molar refractivity (Wildman–Crippen MR) is 82.4 cm³/mol. The lowest BCUT2D eigenvalue weighted by Crippen LogP contribution is -2.49. The van der Waals surface area contributed by atoms with E-state index in [1.165, 1.54) is 0 Å². The van der Waals surface area contributed by atoms with Gasteiger partial charge in [-0.25, -0.2) is 4.98 Å². The van der Waals surface area contributed by atoms with E-state index in [4.69, 9.17) is 0 Å². The number of carbonyl (C=O) groups is 1. The second kappa shape index (κ2) is 6.31. The van der Waals surface area contributed by atoms with Gasteiger partial charge in [0.05, 0.1) is 17.8 Å². The summed E-state index contributed by atoms with van der Waals surface area (Å²) in [5.74, 6) is 0.952. The van der Waals surface area contributed by atoms with E-state index in [1.807, 2.05) is 22.0 Å². The highest BCUT2D eigenvalue weighted by atomic mass is 16.2. The summed E-state index contributed by atoms with van der Waals surface area (Å²) in [6.07, 6.45) is 8.08. The number of piperazine rings is 1. The normalized spacial score (nSPS) is 19.5. The Morgan fingerprint density at radius 1 is 1.45 bits per heavy atom. The van der Waals surface area contributed by atoms with Gasteiger partial charge in [-0.1, -0.05) is 6.92 Å². The Labute approximate surface area is 129 Å². The lowest BCUT2D eigenvalue weighted by atomic mass is 10.1. The van der Waals surface area contributed by atoms with Crippen LogP contribution in [0.4, 0.5) is 0 Å². The molecule has 0 spiro atoms. The van der Waals surface area contributed by atoms with Crippen LogP contribution in [0.15, 0.2) is 24.8 Å². The molecule has 0 bridgehead atoms. The summed E-state index contributed by atoms with van der Waals surface area (Å²) in [6.45, 7) is 5.14. The van der Waals surface area contributed by atoms with Crippen LogP contribution < -0.4 is 0 Å². The second-order valence-electron chi connectivity index (χ2n) is 5.71. The van der Waals surface area contributed by atoms with E-state index in [9.17, 15) is 4.79 Å². The number of amides is 1. The first kappa shape index (κ1) is 14.8. The largest absolute Gasteiger partial charge is 0.347 e. The van der Waals surface area contributed by atoms with E-state index in [2.05, 4.69) is 33.9 Å². The molecule has 1 atom stereocenters. The summed E-state index contributed by atoms with van der Waals surface area (Å²) in [5.41, 5.74) is 0.663. The van der Waals surface area contributed by atoms with E-state index in [0.29, 0.717) is 12.1 Å². The Kier molecular flexibility index (Phi) is 4.24. The van der Waals surface area contributed by atoms with Gasteiger partial charge in [0.1, 0.15) is 5.82 Å². The van der Waals surface area contributed by atoms with E-state index < -0.39 is 0 Å². The molecule has 1 saturated heterocycles. The van der Waals surface area contributed by atoms with Crippen LogP contribution in [0.3, 0.4) is 0 Å². The van der Waals surface area contributed by atoms with E-state index in [0.717, 1.165) is 31.9 Å². The maximum absolute atomic E-state index is 12.7. The first-order valence-electron chi connectivity index (χ1n) is 7.70. The number of rotatable bonds is 4. The fourth-order valence-corrected chi connectivity index (χ4v) is 2.82. The number of H-pyrrole nitrogens is 1. The maximum Gasteiger partial charge on any atom is 0.257 e. The number of hydrogen-bond acceptors (Lipinski definition) is 4. The highest BCUT2D eigenvalue weighted by Gasteiger charge is 2.30. The van der Waals surface area contributed by atoms with Crippen molar-refractivity contribution in [3.63, 3.8) is 0 Å². The van der Waals surface area contributed by atoms with Crippen molar-refractivity contribution in [1.82, 2.24) is 29.5 Å². The molecular formula is C15H22N6O. The van der Waals surface area contributed by atoms with Crippen LogP contribution in [-0.2, 0) is 6.54 Å². The van der Waals surface area contributed by atoms with Crippen LogP contribution in [0, 0.1) is 0 Å². The lowest BCUT2D eigenvalue weighted by molar-refractivity contribution is 0.0534. The van der Waals surface area contributed by atoms with Crippen LogP contribution in [-0.4, -0.2) is 62.1 Å². The number of aromatic nitrogens is 4. The molecule has 7 heteroatoms. The van der Waals surface area contributed by atoms with E-state index in [-0.39, 0.29) is 11.9 Å². The predicted octanol–water partition coefficient (Wildman–Crippen LogP) is 1.15. The molecule has 22 heavy (non-hydrogen) atoms. The number of carbonyl (C=O) groups excluding carboxylic acids is 1. The van der Waals surface area contributed by atoms with Gasteiger partial charge in [0.15, 0.2) is 0 Å². The molecule has 1 N–H and O–H groups in total. The highest BCUT2D eigenvalue weighted by Crippen LogP contribution is 2.22. The van der Waals surface area contributed by atoms with Gasteiger partial charge < -0.3 is 9.88 Å². The van der Waals surface area contributed by atoms with Crippen molar-refractivity contribution >= 4 is 5.91 Å². The molecule has 2 aromatic heterocycles. The Hall–Kier alpha value is -2.15. The standard InChI is InChI=1S/C15H22N6O/c1-3-6-21-10-12(9-18-21)15(22)20-8-7-19(2)13(11-20)14-16-4-5-17-14/h4-5,9-10,13H,3,6-8,11H2,1-2H3,(H,16,17). The van der Waals surface area contributed by atoms with Crippen LogP contribution in [0.25, 0.3) is 0 Å². The van der Waals surface area contributed by atoms with Gasteiger partial charge in [0.25, 0.3) is 5.91 Å². The molecule has 1 aliphatic rings. The molecule has 0 aromatic carbocycles.